The molecule has 0 aliphatic carbocycles. The van der Waals surface area contributed by atoms with Crippen molar-refractivity contribution >= 4 is 40.8 Å². The van der Waals surface area contributed by atoms with Crippen molar-refractivity contribution < 1.29 is 33.6 Å². The molecule has 0 aliphatic heterocycles. The Morgan fingerprint density at radius 1 is 0.943 bits per heavy atom. The summed E-state index contributed by atoms with van der Waals surface area (Å²) < 4.78 is 9.98. The molecule has 0 saturated heterocycles. The Bertz CT molecular complexity index is 1100. The molecule has 2 N–H and O–H groups in total. The van der Waals surface area contributed by atoms with Crippen molar-refractivity contribution in [2.45, 2.75) is 46.1 Å². The Morgan fingerprint density at radius 2 is 1.57 bits per heavy atom. The minimum atomic E-state index is -0.657. The normalized spacial score (nSPS) is 10.4. The average Bonchev–Trinajstić information content (AvgIpc) is 2.78. The van der Waals surface area contributed by atoms with Crippen LogP contribution >= 0.6 is 0 Å². The Morgan fingerprint density at radius 3 is 2.20 bits per heavy atom. The van der Waals surface area contributed by atoms with E-state index in [1.54, 1.807) is 32.9 Å². The van der Waals surface area contributed by atoms with Gasteiger partial charge in [-0.1, -0.05) is 6.07 Å². The number of esters is 2. The van der Waals surface area contributed by atoms with E-state index in [1.807, 2.05) is 0 Å². The summed E-state index contributed by atoms with van der Waals surface area (Å²) in [4.78, 5) is 58.1. The predicted molar refractivity (Wildman–Crippen MR) is 127 cm³/mol. The van der Waals surface area contributed by atoms with Gasteiger partial charge in [0.25, 0.3) is 11.6 Å². The molecule has 0 aromatic heterocycles. The van der Waals surface area contributed by atoms with Crippen LogP contribution in [0.1, 0.15) is 49.0 Å². The molecule has 2 amide bonds. The lowest BCUT2D eigenvalue weighted by Gasteiger charge is -2.09. The van der Waals surface area contributed by atoms with E-state index < -0.39 is 29.4 Å². The van der Waals surface area contributed by atoms with Gasteiger partial charge in [0, 0.05) is 35.8 Å². The van der Waals surface area contributed by atoms with Crippen molar-refractivity contribution in [1.29, 1.82) is 0 Å². The van der Waals surface area contributed by atoms with Crippen molar-refractivity contribution in [2.24, 2.45) is 0 Å². The third-order valence-corrected chi connectivity index (χ3v) is 4.59. The summed E-state index contributed by atoms with van der Waals surface area (Å²) in [6.07, 6.45) is -0.0580. The van der Waals surface area contributed by atoms with E-state index in [-0.39, 0.29) is 42.6 Å². The summed E-state index contributed by atoms with van der Waals surface area (Å²) >= 11 is 0. The van der Waals surface area contributed by atoms with Crippen molar-refractivity contribution in [3.8, 4) is 0 Å². The molecule has 11 heteroatoms. The Kier molecular flexibility index (Phi) is 9.88. The molecule has 0 bridgehead atoms. The number of carbonyl (C=O) groups excluding carboxylic acids is 4. The number of ether oxygens (including phenoxy) is 2. The minimum Gasteiger partial charge on any atom is -0.459 e. The number of aryl methyl sites for hydroxylation is 1. The molecular weight excluding hydrogens is 458 g/mol. The molecule has 0 heterocycles. The number of amides is 2. The monoisotopic (exact) mass is 485 g/mol. The second-order valence-electron chi connectivity index (χ2n) is 7.90. The fraction of sp³-hybridized carbons (Fsp3) is 0.333. The van der Waals surface area contributed by atoms with Gasteiger partial charge in [0.2, 0.25) is 5.91 Å². The lowest BCUT2D eigenvalue weighted by atomic mass is 10.2. The number of nitro benzene ring substituents is 1. The lowest BCUT2D eigenvalue weighted by molar-refractivity contribution is -0.385. The highest BCUT2D eigenvalue weighted by Crippen LogP contribution is 2.22. The summed E-state index contributed by atoms with van der Waals surface area (Å²) in [5.74, 6) is -2.08. The SMILES string of the molecule is Cc1ccc(NC(=O)COC(=O)CCCC(=O)Nc2ccc(C(=O)OC(C)C)cc2)cc1[N+](=O)[O-]. The van der Waals surface area contributed by atoms with Crippen LogP contribution in [0, 0.1) is 17.0 Å². The second kappa shape index (κ2) is 12.8. The zero-order valence-corrected chi connectivity index (χ0v) is 19.7. The number of rotatable bonds is 11. The molecule has 0 radical (unpaired) electrons. The van der Waals surface area contributed by atoms with Gasteiger partial charge in [0.05, 0.1) is 16.6 Å². The molecule has 0 unspecified atom stereocenters. The fourth-order valence-corrected chi connectivity index (χ4v) is 2.89. The van der Waals surface area contributed by atoms with E-state index in [4.69, 9.17) is 9.47 Å². The van der Waals surface area contributed by atoms with Gasteiger partial charge in [0.15, 0.2) is 6.61 Å². The first-order valence-corrected chi connectivity index (χ1v) is 10.9. The highest BCUT2D eigenvalue weighted by atomic mass is 16.6. The number of nitrogens with one attached hydrogen (secondary N) is 2. The molecule has 0 aliphatic rings. The van der Waals surface area contributed by atoms with Gasteiger partial charge in [-0.25, -0.2) is 4.79 Å². The largest absolute Gasteiger partial charge is 0.459 e. The van der Waals surface area contributed by atoms with Gasteiger partial charge in [-0.05, 0) is 57.5 Å². The maximum Gasteiger partial charge on any atom is 0.338 e. The molecule has 11 nitrogen and oxygen atoms in total. The first kappa shape index (κ1) is 27.0. The summed E-state index contributed by atoms with van der Waals surface area (Å²) in [5, 5.41) is 16.1. The number of benzene rings is 2. The number of nitrogens with zero attached hydrogens (tertiary/aromatic N) is 1. The number of nitro groups is 1. The van der Waals surface area contributed by atoms with E-state index in [0.717, 1.165) is 0 Å². The van der Waals surface area contributed by atoms with Gasteiger partial charge in [0.1, 0.15) is 0 Å². The summed E-state index contributed by atoms with van der Waals surface area (Å²) in [5.41, 5.74) is 1.38. The highest BCUT2D eigenvalue weighted by molar-refractivity contribution is 5.94. The van der Waals surface area contributed by atoms with Gasteiger partial charge in [-0.15, -0.1) is 0 Å². The molecule has 2 aromatic carbocycles. The summed E-state index contributed by atoms with van der Waals surface area (Å²) in [7, 11) is 0. The first-order valence-electron chi connectivity index (χ1n) is 10.9. The minimum absolute atomic E-state index is 0.0471. The van der Waals surface area contributed by atoms with Crippen LogP contribution in [0.5, 0.6) is 0 Å². The fourth-order valence-electron chi connectivity index (χ4n) is 2.89. The highest BCUT2D eigenvalue weighted by Gasteiger charge is 2.14. The number of hydrogen-bond donors (Lipinski definition) is 2. The van der Waals surface area contributed by atoms with E-state index in [0.29, 0.717) is 16.8 Å². The number of hydrogen-bond acceptors (Lipinski definition) is 8. The van der Waals surface area contributed by atoms with Crippen LogP contribution in [0.2, 0.25) is 0 Å². The van der Waals surface area contributed by atoms with Crippen LogP contribution in [-0.4, -0.2) is 41.4 Å². The molecule has 35 heavy (non-hydrogen) atoms. The van der Waals surface area contributed by atoms with Crippen molar-refractivity contribution in [2.75, 3.05) is 17.2 Å². The van der Waals surface area contributed by atoms with Crippen LogP contribution in [0.3, 0.4) is 0 Å². The quantitative estimate of drug-likeness (QED) is 0.277. The van der Waals surface area contributed by atoms with Crippen LogP contribution in [0.25, 0.3) is 0 Å². The van der Waals surface area contributed by atoms with Gasteiger partial charge in [-0.2, -0.15) is 0 Å². The van der Waals surface area contributed by atoms with E-state index in [1.165, 1.54) is 30.3 Å². The van der Waals surface area contributed by atoms with Gasteiger partial charge >= 0.3 is 11.9 Å². The summed E-state index contributed by atoms with van der Waals surface area (Å²) in [6, 6.07) is 10.5. The topological polar surface area (TPSA) is 154 Å². The third-order valence-electron chi connectivity index (χ3n) is 4.59. The van der Waals surface area contributed by atoms with E-state index in [2.05, 4.69) is 10.6 Å². The smallest absolute Gasteiger partial charge is 0.338 e. The molecular formula is C24H27N3O8. The zero-order valence-electron chi connectivity index (χ0n) is 19.7. The number of carbonyl (C=O) groups is 4. The van der Waals surface area contributed by atoms with E-state index in [9.17, 15) is 29.3 Å². The zero-order chi connectivity index (χ0) is 26.0. The van der Waals surface area contributed by atoms with Crippen molar-refractivity contribution in [3.63, 3.8) is 0 Å². The maximum absolute atomic E-state index is 12.1. The third kappa shape index (κ3) is 9.24. The molecule has 2 rings (SSSR count). The summed E-state index contributed by atoms with van der Waals surface area (Å²) in [6.45, 7) is 4.52. The maximum atomic E-state index is 12.1. The standard InChI is InChI=1S/C24H27N3O8/c1-15(2)35-24(31)17-8-11-18(12-9-17)25-21(28)5-4-6-23(30)34-14-22(29)26-19-10-7-16(3)20(13-19)27(32)33/h7-13,15H,4-6,14H2,1-3H3,(H,25,28)(H,26,29). The molecule has 0 atom stereocenters. The molecule has 2 aromatic rings. The van der Waals surface area contributed by atoms with Crippen LogP contribution in [-0.2, 0) is 23.9 Å². The Hall–Kier alpha value is -4.28. The van der Waals surface area contributed by atoms with E-state index >= 15 is 0 Å². The van der Waals surface area contributed by atoms with Crippen molar-refractivity contribution in [1.82, 2.24) is 0 Å². The van der Waals surface area contributed by atoms with Crippen LogP contribution in [0.15, 0.2) is 42.5 Å². The molecule has 0 saturated carbocycles. The Balaban J connectivity index is 1.69. The first-order chi connectivity index (χ1) is 16.5. The van der Waals surface area contributed by atoms with Crippen molar-refractivity contribution in [3.05, 3.63) is 63.7 Å². The van der Waals surface area contributed by atoms with Crippen LogP contribution in [0.4, 0.5) is 17.1 Å². The average molecular weight is 485 g/mol. The molecule has 0 spiro atoms. The lowest BCUT2D eigenvalue weighted by Crippen LogP contribution is -2.21. The molecule has 0 fully saturated rings. The second-order valence-corrected chi connectivity index (χ2v) is 7.90. The van der Waals surface area contributed by atoms with Crippen LogP contribution < -0.4 is 10.6 Å². The molecule has 186 valence electrons. The van der Waals surface area contributed by atoms with Gasteiger partial charge in [-0.3, -0.25) is 24.5 Å². The Labute approximate surface area is 201 Å². The predicted octanol–water partition coefficient (Wildman–Crippen LogP) is 3.76. The van der Waals surface area contributed by atoms with Gasteiger partial charge < -0.3 is 20.1 Å². The number of anilines is 2.